The lowest BCUT2D eigenvalue weighted by Crippen LogP contribution is -2.32. The topological polar surface area (TPSA) is 82.0 Å². The van der Waals surface area contributed by atoms with Gasteiger partial charge < -0.3 is 10.6 Å². The van der Waals surface area contributed by atoms with Crippen LogP contribution >= 0.6 is 12.2 Å². The number of nitrogens with one attached hydrogen (secondary N) is 2. The van der Waals surface area contributed by atoms with Gasteiger partial charge in [0.15, 0.2) is 14.9 Å². The Hall–Kier alpha value is -2.43. The minimum absolute atomic E-state index is 0.0264. The van der Waals surface area contributed by atoms with Crippen molar-refractivity contribution in [2.45, 2.75) is 30.7 Å². The molecule has 2 rings (SSSR count). The summed E-state index contributed by atoms with van der Waals surface area (Å²) in [6.07, 6.45) is 2.37. The number of hydrogen-bond donors (Lipinski definition) is 2. The van der Waals surface area contributed by atoms with Gasteiger partial charge in [-0.25, -0.2) is 8.42 Å². The predicted molar refractivity (Wildman–Crippen MR) is 108 cm³/mol. The van der Waals surface area contributed by atoms with Crippen molar-refractivity contribution in [1.82, 2.24) is 5.32 Å². The first-order valence-electron chi connectivity index (χ1n) is 8.17. The number of benzene rings is 2. The molecule has 0 aliphatic rings. The summed E-state index contributed by atoms with van der Waals surface area (Å²) in [7, 11) is -3.20. The first kappa shape index (κ1) is 19.9. The lowest BCUT2D eigenvalue weighted by atomic mass is 10.1. The van der Waals surface area contributed by atoms with E-state index in [1.54, 1.807) is 24.3 Å². The predicted octanol–water partition coefficient (Wildman–Crippen LogP) is 3.59. The molecular weight excluding hydrogens is 366 g/mol. The third-order valence-electron chi connectivity index (χ3n) is 3.92. The fourth-order valence-corrected chi connectivity index (χ4v) is 3.38. The molecule has 0 aliphatic heterocycles. The van der Waals surface area contributed by atoms with Crippen LogP contribution in [-0.2, 0) is 16.3 Å². The van der Waals surface area contributed by atoms with Gasteiger partial charge >= 0.3 is 0 Å². The Labute approximate surface area is 160 Å². The fourth-order valence-electron chi connectivity index (χ4n) is 2.49. The SMILES string of the molecule is CCC(NC(=S)Nc1ccc(CC#N)cc1)c1ccc(S(C)(=O)=O)cc1. The molecule has 0 saturated heterocycles. The largest absolute Gasteiger partial charge is 0.356 e. The average Bonchev–Trinajstić information content (AvgIpc) is 2.61. The first-order chi connectivity index (χ1) is 12.3. The van der Waals surface area contributed by atoms with Crippen LogP contribution in [0.4, 0.5) is 5.69 Å². The van der Waals surface area contributed by atoms with E-state index in [-0.39, 0.29) is 6.04 Å². The Kier molecular flexibility index (Phi) is 6.72. The second kappa shape index (κ2) is 8.79. The molecule has 1 atom stereocenters. The number of sulfone groups is 1. The summed E-state index contributed by atoms with van der Waals surface area (Å²) in [4.78, 5) is 0.300. The number of hydrogen-bond acceptors (Lipinski definition) is 4. The van der Waals surface area contributed by atoms with Crippen molar-refractivity contribution >= 4 is 32.9 Å². The lowest BCUT2D eigenvalue weighted by molar-refractivity contribution is 0.601. The van der Waals surface area contributed by atoms with Crippen molar-refractivity contribution < 1.29 is 8.42 Å². The number of nitriles is 1. The average molecular weight is 388 g/mol. The van der Waals surface area contributed by atoms with Gasteiger partial charge in [-0.15, -0.1) is 0 Å². The molecule has 0 heterocycles. The fraction of sp³-hybridized carbons (Fsp3) is 0.263. The van der Waals surface area contributed by atoms with Gasteiger partial charge in [0.1, 0.15) is 0 Å². The van der Waals surface area contributed by atoms with Gasteiger partial charge in [-0.05, 0) is 54.0 Å². The van der Waals surface area contributed by atoms with Gasteiger partial charge in [-0.3, -0.25) is 0 Å². The molecule has 136 valence electrons. The van der Waals surface area contributed by atoms with Crippen LogP contribution in [0, 0.1) is 11.3 Å². The molecular formula is C19H21N3O2S2. The molecule has 7 heteroatoms. The Bertz CT molecular complexity index is 899. The van der Waals surface area contributed by atoms with Crippen molar-refractivity contribution in [3.63, 3.8) is 0 Å². The molecule has 2 N–H and O–H groups in total. The zero-order chi connectivity index (χ0) is 19.2. The molecule has 0 radical (unpaired) electrons. The molecule has 1 unspecified atom stereocenters. The number of nitrogens with zero attached hydrogens (tertiary/aromatic N) is 1. The number of thiocarbonyl (C=S) groups is 1. The number of anilines is 1. The molecule has 0 aliphatic carbocycles. The van der Waals surface area contributed by atoms with Gasteiger partial charge in [0.05, 0.1) is 23.4 Å². The molecule has 0 bridgehead atoms. The summed E-state index contributed by atoms with van der Waals surface area (Å²) < 4.78 is 23.1. The summed E-state index contributed by atoms with van der Waals surface area (Å²) >= 11 is 5.38. The maximum absolute atomic E-state index is 11.6. The van der Waals surface area contributed by atoms with Crippen LogP contribution < -0.4 is 10.6 Å². The van der Waals surface area contributed by atoms with E-state index in [0.29, 0.717) is 16.4 Å². The van der Waals surface area contributed by atoms with Gasteiger partial charge in [-0.1, -0.05) is 31.2 Å². The Balaban J connectivity index is 2.02. The molecule has 0 spiro atoms. The van der Waals surface area contributed by atoms with E-state index in [1.807, 2.05) is 31.2 Å². The highest BCUT2D eigenvalue weighted by Gasteiger charge is 2.13. The molecule has 0 fully saturated rings. The van der Waals surface area contributed by atoms with Gasteiger partial charge in [0, 0.05) is 11.9 Å². The highest BCUT2D eigenvalue weighted by atomic mass is 32.2. The van der Waals surface area contributed by atoms with Crippen molar-refractivity contribution in [2.75, 3.05) is 11.6 Å². The van der Waals surface area contributed by atoms with E-state index in [1.165, 1.54) is 6.26 Å². The summed E-state index contributed by atoms with van der Waals surface area (Å²) in [6, 6.07) is 16.4. The lowest BCUT2D eigenvalue weighted by Gasteiger charge is -2.20. The number of rotatable bonds is 6. The molecule has 0 aromatic heterocycles. The van der Waals surface area contributed by atoms with Crippen LogP contribution in [0.1, 0.15) is 30.5 Å². The van der Waals surface area contributed by atoms with E-state index in [4.69, 9.17) is 17.5 Å². The van der Waals surface area contributed by atoms with E-state index >= 15 is 0 Å². The second-order valence-electron chi connectivity index (χ2n) is 5.93. The monoisotopic (exact) mass is 387 g/mol. The molecule has 2 aromatic rings. The van der Waals surface area contributed by atoms with Crippen molar-refractivity contribution in [1.29, 1.82) is 5.26 Å². The van der Waals surface area contributed by atoms with Crippen LogP contribution in [0.25, 0.3) is 0 Å². The van der Waals surface area contributed by atoms with Crippen LogP contribution in [0.3, 0.4) is 0 Å². The normalized spacial score (nSPS) is 12.0. The van der Waals surface area contributed by atoms with E-state index in [2.05, 4.69) is 16.7 Å². The van der Waals surface area contributed by atoms with Crippen molar-refractivity contribution in [2.24, 2.45) is 0 Å². The molecule has 0 saturated carbocycles. The van der Waals surface area contributed by atoms with E-state index in [0.717, 1.165) is 23.2 Å². The summed E-state index contributed by atoms with van der Waals surface area (Å²) in [5, 5.41) is 15.6. The third-order valence-corrected chi connectivity index (χ3v) is 5.27. The third kappa shape index (κ3) is 5.55. The first-order valence-corrected chi connectivity index (χ1v) is 10.5. The summed E-state index contributed by atoms with van der Waals surface area (Å²) in [6.45, 7) is 2.03. The Morgan fingerprint density at radius 2 is 1.77 bits per heavy atom. The summed E-state index contributed by atoms with van der Waals surface area (Å²) in [5.74, 6) is 0. The highest BCUT2D eigenvalue weighted by Crippen LogP contribution is 2.19. The van der Waals surface area contributed by atoms with Gasteiger partial charge in [0.2, 0.25) is 0 Å². The van der Waals surface area contributed by atoms with Gasteiger partial charge in [0.25, 0.3) is 0 Å². The van der Waals surface area contributed by atoms with E-state index < -0.39 is 9.84 Å². The standard InChI is InChI=1S/C19H21N3O2S2/c1-3-18(15-6-10-17(11-7-15)26(2,23)24)22-19(25)21-16-8-4-14(5-9-16)12-13-20/h4-11,18H,3,12H2,1-2H3,(H2,21,22,25). The highest BCUT2D eigenvalue weighted by molar-refractivity contribution is 7.90. The van der Waals surface area contributed by atoms with Crippen LogP contribution in [0.5, 0.6) is 0 Å². The van der Waals surface area contributed by atoms with Crippen LogP contribution in [0.15, 0.2) is 53.4 Å². The Morgan fingerprint density at radius 1 is 1.15 bits per heavy atom. The molecule has 26 heavy (non-hydrogen) atoms. The molecule has 5 nitrogen and oxygen atoms in total. The van der Waals surface area contributed by atoms with Crippen molar-refractivity contribution in [3.05, 3.63) is 59.7 Å². The second-order valence-corrected chi connectivity index (χ2v) is 8.36. The van der Waals surface area contributed by atoms with E-state index in [9.17, 15) is 8.42 Å². The Morgan fingerprint density at radius 3 is 2.27 bits per heavy atom. The smallest absolute Gasteiger partial charge is 0.175 e. The molecule has 2 aromatic carbocycles. The zero-order valence-corrected chi connectivity index (χ0v) is 16.3. The maximum atomic E-state index is 11.6. The quantitative estimate of drug-likeness (QED) is 0.737. The van der Waals surface area contributed by atoms with Gasteiger partial charge in [-0.2, -0.15) is 5.26 Å². The minimum atomic E-state index is -3.20. The minimum Gasteiger partial charge on any atom is -0.356 e. The van der Waals surface area contributed by atoms with Crippen LogP contribution in [0.2, 0.25) is 0 Å². The zero-order valence-electron chi connectivity index (χ0n) is 14.7. The maximum Gasteiger partial charge on any atom is 0.175 e. The molecule has 0 amide bonds. The van der Waals surface area contributed by atoms with Crippen LogP contribution in [-0.4, -0.2) is 19.8 Å². The van der Waals surface area contributed by atoms with Crippen molar-refractivity contribution in [3.8, 4) is 6.07 Å². The summed E-state index contributed by atoms with van der Waals surface area (Å²) in [5.41, 5.74) is 2.76.